The summed E-state index contributed by atoms with van der Waals surface area (Å²) in [4.78, 5) is 51.2. The number of aromatic nitrogens is 1. The fourth-order valence-corrected chi connectivity index (χ4v) is 3.62. The molecular formula is C20H21NO5S. The molecule has 1 N–H and O–H groups in total. The van der Waals surface area contributed by atoms with Crippen LogP contribution in [0.1, 0.15) is 56.3 Å². The molecule has 27 heavy (non-hydrogen) atoms. The van der Waals surface area contributed by atoms with Crippen LogP contribution in [0.25, 0.3) is 0 Å². The van der Waals surface area contributed by atoms with E-state index in [4.69, 9.17) is 4.74 Å². The molecule has 1 aromatic heterocycles. The highest BCUT2D eigenvalue weighted by molar-refractivity contribution is 8.00. The summed E-state index contributed by atoms with van der Waals surface area (Å²) in [5.41, 5.74) is 2.22. The molecule has 0 bridgehead atoms. The van der Waals surface area contributed by atoms with E-state index in [1.165, 1.54) is 25.6 Å². The summed E-state index contributed by atoms with van der Waals surface area (Å²) in [5, 5.41) is 0. The Balaban J connectivity index is 2.10. The van der Waals surface area contributed by atoms with Crippen LogP contribution in [0, 0.1) is 13.8 Å². The zero-order valence-corrected chi connectivity index (χ0v) is 16.5. The van der Waals surface area contributed by atoms with Gasteiger partial charge in [0.05, 0.1) is 17.0 Å². The van der Waals surface area contributed by atoms with E-state index in [0.29, 0.717) is 27.3 Å². The number of rotatable bonds is 8. The first kappa shape index (κ1) is 20.6. The highest BCUT2D eigenvalue weighted by Crippen LogP contribution is 2.24. The molecule has 0 spiro atoms. The van der Waals surface area contributed by atoms with E-state index < -0.39 is 18.4 Å². The van der Waals surface area contributed by atoms with Gasteiger partial charge in [-0.05, 0) is 45.4 Å². The van der Waals surface area contributed by atoms with Crippen LogP contribution in [0.2, 0.25) is 0 Å². The number of aromatic amines is 1. The van der Waals surface area contributed by atoms with Gasteiger partial charge in [-0.1, -0.05) is 12.1 Å². The lowest BCUT2D eigenvalue weighted by Crippen LogP contribution is -2.16. The Morgan fingerprint density at radius 1 is 1.07 bits per heavy atom. The Hall–Kier alpha value is -2.67. The number of thioether (sulfide) groups is 1. The largest absolute Gasteiger partial charge is 0.454 e. The normalized spacial score (nSPS) is 10.5. The number of benzene rings is 1. The molecule has 0 aliphatic carbocycles. The molecule has 0 radical (unpaired) electrons. The van der Waals surface area contributed by atoms with Gasteiger partial charge in [0.2, 0.25) is 5.78 Å². The van der Waals surface area contributed by atoms with Crippen LogP contribution in [-0.4, -0.2) is 40.7 Å². The summed E-state index contributed by atoms with van der Waals surface area (Å²) in [6.45, 7) is 5.87. The fraction of sp³-hybridized carbons (Fsp3) is 0.300. The van der Waals surface area contributed by atoms with Crippen LogP contribution < -0.4 is 0 Å². The quantitative estimate of drug-likeness (QED) is 0.423. The summed E-state index contributed by atoms with van der Waals surface area (Å²) < 4.78 is 5.16. The summed E-state index contributed by atoms with van der Waals surface area (Å²) in [5.74, 6) is -0.933. The number of H-pyrrole nitrogens is 1. The molecule has 0 aliphatic heterocycles. The number of esters is 1. The van der Waals surface area contributed by atoms with Gasteiger partial charge < -0.3 is 9.72 Å². The van der Waals surface area contributed by atoms with E-state index in [9.17, 15) is 19.2 Å². The number of Topliss-reactive ketones (excluding diaryl/α,β-unsaturated/α-hetero) is 3. The zero-order valence-electron chi connectivity index (χ0n) is 15.7. The lowest BCUT2D eigenvalue weighted by atomic mass is 10.1. The van der Waals surface area contributed by atoms with Gasteiger partial charge in [-0.3, -0.25) is 14.4 Å². The van der Waals surface area contributed by atoms with Gasteiger partial charge >= 0.3 is 5.97 Å². The van der Waals surface area contributed by atoms with Crippen molar-refractivity contribution < 1.29 is 23.9 Å². The second kappa shape index (κ2) is 8.81. The molecule has 142 valence electrons. The summed E-state index contributed by atoms with van der Waals surface area (Å²) in [6, 6.07) is 6.77. The molecule has 0 atom stereocenters. The Morgan fingerprint density at radius 3 is 2.33 bits per heavy atom. The number of nitrogens with one attached hydrogen (secondary N) is 1. The minimum atomic E-state index is -0.636. The average Bonchev–Trinajstić information content (AvgIpc) is 2.92. The first-order valence-corrected chi connectivity index (χ1v) is 9.32. The second-order valence-electron chi connectivity index (χ2n) is 6.17. The zero-order chi connectivity index (χ0) is 20.1. The molecule has 0 saturated carbocycles. The maximum atomic E-state index is 12.4. The summed E-state index contributed by atoms with van der Waals surface area (Å²) in [7, 11) is 0. The molecule has 0 saturated heterocycles. The van der Waals surface area contributed by atoms with Crippen molar-refractivity contribution >= 4 is 35.1 Å². The van der Waals surface area contributed by atoms with Gasteiger partial charge in [-0.2, -0.15) is 0 Å². The fourth-order valence-electron chi connectivity index (χ4n) is 2.78. The van der Waals surface area contributed by atoms with Gasteiger partial charge in [0.15, 0.2) is 12.4 Å². The molecule has 0 unspecified atom stereocenters. The van der Waals surface area contributed by atoms with E-state index in [0.717, 1.165) is 0 Å². The van der Waals surface area contributed by atoms with E-state index in [1.807, 2.05) is 0 Å². The van der Waals surface area contributed by atoms with Crippen molar-refractivity contribution in [1.29, 1.82) is 0 Å². The Morgan fingerprint density at radius 2 is 1.74 bits per heavy atom. The highest BCUT2D eigenvalue weighted by Gasteiger charge is 2.21. The summed E-state index contributed by atoms with van der Waals surface area (Å²) in [6.07, 6.45) is 0. The average molecular weight is 387 g/mol. The van der Waals surface area contributed by atoms with Crippen molar-refractivity contribution in [2.45, 2.75) is 32.6 Å². The lowest BCUT2D eigenvalue weighted by molar-refractivity contribution is -0.114. The van der Waals surface area contributed by atoms with Crippen molar-refractivity contribution in [3.05, 3.63) is 52.3 Å². The van der Waals surface area contributed by atoms with Crippen molar-refractivity contribution in [2.24, 2.45) is 0 Å². The van der Waals surface area contributed by atoms with Gasteiger partial charge in [-0.25, -0.2) is 4.79 Å². The van der Waals surface area contributed by atoms with Gasteiger partial charge in [-0.15, -0.1) is 11.8 Å². The molecule has 6 nitrogen and oxygen atoms in total. The Labute approximate surface area is 161 Å². The van der Waals surface area contributed by atoms with Crippen LogP contribution in [0.3, 0.4) is 0 Å². The number of carbonyl (C=O) groups excluding carboxylic acids is 4. The maximum Gasteiger partial charge on any atom is 0.339 e. The lowest BCUT2D eigenvalue weighted by Gasteiger charge is -2.08. The first-order chi connectivity index (χ1) is 12.7. The Kier molecular flexibility index (Phi) is 6.74. The third-order valence-electron chi connectivity index (χ3n) is 3.94. The van der Waals surface area contributed by atoms with Crippen molar-refractivity contribution in [2.75, 3.05) is 12.4 Å². The molecule has 0 aliphatic rings. The van der Waals surface area contributed by atoms with Crippen LogP contribution in [-0.2, 0) is 9.53 Å². The topological polar surface area (TPSA) is 93.3 Å². The molecular weight excluding hydrogens is 366 g/mol. The van der Waals surface area contributed by atoms with Crippen molar-refractivity contribution in [1.82, 2.24) is 4.98 Å². The van der Waals surface area contributed by atoms with E-state index in [-0.39, 0.29) is 23.0 Å². The predicted octanol–water partition coefficient (Wildman–Crippen LogP) is 3.55. The minimum absolute atomic E-state index is 0.00258. The molecule has 0 fully saturated rings. The third kappa shape index (κ3) is 4.95. The molecule has 7 heteroatoms. The number of hydrogen-bond donors (Lipinski definition) is 1. The Bertz CT molecular complexity index is 913. The predicted molar refractivity (Wildman–Crippen MR) is 103 cm³/mol. The smallest absolute Gasteiger partial charge is 0.339 e. The monoisotopic (exact) mass is 387 g/mol. The highest BCUT2D eigenvalue weighted by atomic mass is 32.2. The number of carbonyl (C=O) groups is 4. The van der Waals surface area contributed by atoms with E-state index >= 15 is 0 Å². The van der Waals surface area contributed by atoms with E-state index in [2.05, 4.69) is 4.98 Å². The van der Waals surface area contributed by atoms with Gasteiger partial charge in [0.25, 0.3) is 0 Å². The number of aryl methyl sites for hydroxylation is 1. The molecule has 1 aromatic carbocycles. The van der Waals surface area contributed by atoms with E-state index in [1.54, 1.807) is 38.1 Å². The molecule has 0 amide bonds. The van der Waals surface area contributed by atoms with Gasteiger partial charge in [0.1, 0.15) is 5.78 Å². The molecule has 2 aromatic rings. The molecule has 1 heterocycles. The standard InChI is InChI=1S/C20H21NO5S/c1-11(22)10-27-17-8-6-5-7-15(17)20(25)26-9-16(24)19-12(2)18(14(4)23)13(3)21-19/h5-8,21H,9-10H2,1-4H3. The van der Waals surface area contributed by atoms with Gasteiger partial charge in [0, 0.05) is 16.2 Å². The van der Waals surface area contributed by atoms with Crippen molar-refractivity contribution in [3.63, 3.8) is 0 Å². The van der Waals surface area contributed by atoms with Crippen molar-refractivity contribution in [3.8, 4) is 0 Å². The van der Waals surface area contributed by atoms with Crippen LogP contribution in [0.15, 0.2) is 29.2 Å². The maximum absolute atomic E-state index is 12.4. The first-order valence-electron chi connectivity index (χ1n) is 8.34. The minimum Gasteiger partial charge on any atom is -0.454 e. The number of ketones is 3. The van der Waals surface area contributed by atoms with Crippen LogP contribution >= 0.6 is 11.8 Å². The third-order valence-corrected chi connectivity index (χ3v) is 5.16. The molecule has 2 rings (SSSR count). The van der Waals surface area contributed by atoms with Crippen LogP contribution in [0.4, 0.5) is 0 Å². The second-order valence-corrected chi connectivity index (χ2v) is 7.18. The SMILES string of the molecule is CC(=O)CSc1ccccc1C(=O)OCC(=O)c1[nH]c(C)c(C(C)=O)c1C. The number of hydrogen-bond acceptors (Lipinski definition) is 6. The number of ether oxygens (including phenoxy) is 1. The van der Waals surface area contributed by atoms with Crippen LogP contribution in [0.5, 0.6) is 0 Å². The summed E-state index contributed by atoms with van der Waals surface area (Å²) >= 11 is 1.25.